The van der Waals surface area contributed by atoms with Crippen LogP contribution in [0.1, 0.15) is 0 Å². The van der Waals surface area contributed by atoms with Gasteiger partial charge in [0.25, 0.3) is 0 Å². The van der Waals surface area contributed by atoms with Gasteiger partial charge in [0, 0.05) is 16.2 Å². The zero-order chi connectivity index (χ0) is 17.2. The van der Waals surface area contributed by atoms with Crippen LogP contribution >= 0.6 is 23.4 Å². The van der Waals surface area contributed by atoms with E-state index >= 15 is 0 Å². The summed E-state index contributed by atoms with van der Waals surface area (Å²) >= 11 is 7.81. The van der Waals surface area contributed by atoms with Gasteiger partial charge < -0.3 is 9.72 Å². The van der Waals surface area contributed by atoms with Gasteiger partial charge in [0.15, 0.2) is 0 Å². The third kappa shape index (κ3) is 3.21. The number of H-pyrrole nitrogens is 1. The van der Waals surface area contributed by atoms with Gasteiger partial charge in [-0.3, -0.25) is 0 Å². The van der Waals surface area contributed by atoms with E-state index in [4.69, 9.17) is 16.3 Å². The number of hydrogen-bond acceptors (Lipinski definition) is 4. The molecule has 6 heteroatoms. The van der Waals surface area contributed by atoms with Crippen molar-refractivity contribution in [3.05, 3.63) is 65.9 Å². The molecule has 2 aromatic carbocycles. The first-order valence-electron chi connectivity index (χ1n) is 7.65. The van der Waals surface area contributed by atoms with Gasteiger partial charge in [0.1, 0.15) is 22.7 Å². The molecular formula is C19H14ClN3OS. The maximum absolute atomic E-state index is 6.27. The Morgan fingerprint density at radius 3 is 2.76 bits per heavy atom. The second-order valence-electron chi connectivity index (χ2n) is 5.39. The molecule has 25 heavy (non-hydrogen) atoms. The van der Waals surface area contributed by atoms with E-state index in [9.17, 15) is 0 Å². The summed E-state index contributed by atoms with van der Waals surface area (Å²) in [5, 5.41) is 2.54. The maximum Gasteiger partial charge on any atom is 0.142 e. The second-order valence-corrected chi connectivity index (χ2v) is 6.83. The number of aromatic nitrogens is 3. The van der Waals surface area contributed by atoms with Gasteiger partial charge in [-0.2, -0.15) is 0 Å². The minimum Gasteiger partial charge on any atom is -0.497 e. The summed E-state index contributed by atoms with van der Waals surface area (Å²) in [6.45, 7) is 0. The predicted molar refractivity (Wildman–Crippen MR) is 101 cm³/mol. The van der Waals surface area contributed by atoms with Crippen molar-refractivity contribution in [2.24, 2.45) is 0 Å². The fourth-order valence-corrected chi connectivity index (χ4v) is 3.71. The Morgan fingerprint density at radius 2 is 1.92 bits per heavy atom. The van der Waals surface area contributed by atoms with Crippen molar-refractivity contribution >= 4 is 34.4 Å². The first-order valence-corrected chi connectivity index (χ1v) is 8.84. The largest absolute Gasteiger partial charge is 0.497 e. The van der Waals surface area contributed by atoms with Crippen molar-refractivity contribution < 1.29 is 4.74 Å². The maximum atomic E-state index is 6.27. The van der Waals surface area contributed by atoms with Crippen LogP contribution < -0.4 is 4.74 Å². The molecular weight excluding hydrogens is 354 g/mol. The Bertz CT molecular complexity index is 1050. The lowest BCUT2D eigenvalue weighted by Crippen LogP contribution is -1.85. The number of rotatable bonds is 4. The summed E-state index contributed by atoms with van der Waals surface area (Å²) in [7, 11) is 1.66. The summed E-state index contributed by atoms with van der Waals surface area (Å²) in [4.78, 5) is 13.1. The van der Waals surface area contributed by atoms with Gasteiger partial charge in [0.05, 0.1) is 17.5 Å². The van der Waals surface area contributed by atoms with Gasteiger partial charge in [0.2, 0.25) is 0 Å². The Labute approximate surface area is 154 Å². The molecule has 2 aromatic heterocycles. The van der Waals surface area contributed by atoms with Crippen LogP contribution in [0.3, 0.4) is 0 Å². The van der Waals surface area contributed by atoms with Gasteiger partial charge in [-0.1, -0.05) is 47.6 Å². The van der Waals surface area contributed by atoms with Crippen LogP contribution in [0.5, 0.6) is 5.75 Å². The molecule has 0 unspecified atom stereocenters. The average molecular weight is 368 g/mol. The second kappa shape index (κ2) is 6.78. The molecule has 4 aromatic rings. The zero-order valence-electron chi connectivity index (χ0n) is 13.4. The molecule has 0 radical (unpaired) electrons. The fraction of sp³-hybridized carbons (Fsp3) is 0.0526. The predicted octanol–water partition coefficient (Wildman–Crippen LogP) is 5.44. The van der Waals surface area contributed by atoms with Crippen molar-refractivity contribution in [3.63, 3.8) is 0 Å². The summed E-state index contributed by atoms with van der Waals surface area (Å²) in [6, 6.07) is 17.7. The average Bonchev–Trinajstić information content (AvgIpc) is 3.09. The first kappa shape index (κ1) is 16.0. The molecule has 0 amide bonds. The number of fused-ring (bicyclic) bond motifs is 1. The highest BCUT2D eigenvalue weighted by Gasteiger charge is 2.12. The number of nitrogens with zero attached hydrogens (tertiary/aromatic N) is 2. The van der Waals surface area contributed by atoms with Gasteiger partial charge in [-0.15, -0.1) is 0 Å². The van der Waals surface area contributed by atoms with Crippen molar-refractivity contribution in [3.8, 4) is 17.0 Å². The van der Waals surface area contributed by atoms with Crippen LogP contribution in [0.4, 0.5) is 0 Å². The Morgan fingerprint density at radius 1 is 1.04 bits per heavy atom. The lowest BCUT2D eigenvalue weighted by molar-refractivity contribution is 0.415. The van der Waals surface area contributed by atoms with Crippen molar-refractivity contribution in [1.82, 2.24) is 15.0 Å². The smallest absolute Gasteiger partial charge is 0.142 e. The molecule has 0 aliphatic heterocycles. The molecule has 0 aliphatic carbocycles. The topological polar surface area (TPSA) is 50.8 Å². The molecule has 1 N–H and O–H groups in total. The summed E-state index contributed by atoms with van der Waals surface area (Å²) in [5.41, 5.74) is 2.80. The molecule has 0 saturated carbocycles. The SMILES string of the molecule is COc1cccc(-c2cc3c(Sc4ccccc4Cl)ncnc3[nH]2)c1. The molecule has 0 bridgehead atoms. The molecule has 124 valence electrons. The van der Waals surface area contributed by atoms with E-state index in [-0.39, 0.29) is 0 Å². The van der Waals surface area contributed by atoms with E-state index in [2.05, 4.69) is 21.0 Å². The highest BCUT2D eigenvalue weighted by molar-refractivity contribution is 7.99. The lowest BCUT2D eigenvalue weighted by atomic mass is 10.1. The first-order chi connectivity index (χ1) is 12.2. The lowest BCUT2D eigenvalue weighted by Gasteiger charge is -2.03. The third-order valence-corrected chi connectivity index (χ3v) is 5.35. The zero-order valence-corrected chi connectivity index (χ0v) is 14.9. The quantitative estimate of drug-likeness (QED) is 0.488. The van der Waals surface area contributed by atoms with Crippen LogP contribution in [0, 0.1) is 0 Å². The van der Waals surface area contributed by atoms with E-state index in [0.717, 1.165) is 38.0 Å². The van der Waals surface area contributed by atoms with E-state index in [1.54, 1.807) is 13.4 Å². The van der Waals surface area contributed by atoms with Gasteiger partial charge >= 0.3 is 0 Å². The monoisotopic (exact) mass is 367 g/mol. The van der Waals surface area contributed by atoms with Crippen LogP contribution in [0.25, 0.3) is 22.3 Å². The normalized spacial score (nSPS) is 11.0. The standard InChI is InChI=1S/C19H14ClN3OS/c1-24-13-6-4-5-12(9-13)16-10-14-18(23-16)21-11-22-19(14)25-17-8-3-2-7-15(17)20/h2-11H,1H3,(H,21,22,23). The van der Waals surface area contributed by atoms with Crippen LogP contribution in [-0.2, 0) is 0 Å². The summed E-state index contributed by atoms with van der Waals surface area (Å²) in [6.07, 6.45) is 1.56. The highest BCUT2D eigenvalue weighted by atomic mass is 35.5. The van der Waals surface area contributed by atoms with E-state index in [1.165, 1.54) is 11.8 Å². The number of nitrogens with one attached hydrogen (secondary N) is 1. The molecule has 0 atom stereocenters. The molecule has 0 saturated heterocycles. The number of ether oxygens (including phenoxy) is 1. The third-order valence-electron chi connectivity index (χ3n) is 3.81. The minimum atomic E-state index is 0.711. The van der Waals surface area contributed by atoms with Crippen molar-refractivity contribution in [2.45, 2.75) is 9.92 Å². The number of methoxy groups -OCH3 is 1. The molecule has 2 heterocycles. The fourth-order valence-electron chi connectivity index (χ4n) is 2.58. The highest BCUT2D eigenvalue weighted by Crippen LogP contribution is 2.36. The summed E-state index contributed by atoms with van der Waals surface area (Å²) in [5.74, 6) is 0.813. The number of benzene rings is 2. The van der Waals surface area contributed by atoms with Crippen molar-refractivity contribution in [2.75, 3.05) is 7.11 Å². The number of hydrogen-bond donors (Lipinski definition) is 1. The molecule has 4 nitrogen and oxygen atoms in total. The molecule has 4 rings (SSSR count). The Balaban J connectivity index is 1.77. The molecule has 0 aliphatic rings. The number of halogens is 1. The van der Waals surface area contributed by atoms with E-state index in [1.807, 2.05) is 48.5 Å². The van der Waals surface area contributed by atoms with Crippen LogP contribution in [0.2, 0.25) is 5.02 Å². The number of aromatic amines is 1. The molecule has 0 spiro atoms. The van der Waals surface area contributed by atoms with Gasteiger partial charge in [-0.25, -0.2) is 9.97 Å². The van der Waals surface area contributed by atoms with Crippen LogP contribution in [-0.4, -0.2) is 22.1 Å². The molecule has 0 fully saturated rings. The summed E-state index contributed by atoms with van der Waals surface area (Å²) < 4.78 is 5.31. The van der Waals surface area contributed by atoms with Crippen molar-refractivity contribution in [1.29, 1.82) is 0 Å². The minimum absolute atomic E-state index is 0.711. The van der Waals surface area contributed by atoms with E-state index in [0.29, 0.717) is 5.02 Å². The Kier molecular flexibility index (Phi) is 4.34. The van der Waals surface area contributed by atoms with Crippen LogP contribution in [0.15, 0.2) is 70.8 Å². The Hall–Kier alpha value is -2.50. The van der Waals surface area contributed by atoms with Gasteiger partial charge in [-0.05, 0) is 30.3 Å². The van der Waals surface area contributed by atoms with E-state index < -0.39 is 0 Å².